The minimum absolute atomic E-state index is 0.00785. The fraction of sp³-hybridized carbons (Fsp3) is 0.577. The third-order valence-corrected chi connectivity index (χ3v) is 6.92. The second-order valence-corrected chi connectivity index (χ2v) is 9.34. The lowest BCUT2D eigenvalue weighted by Crippen LogP contribution is -2.39. The van der Waals surface area contributed by atoms with Crippen LogP contribution in [-0.2, 0) is 0 Å². The summed E-state index contributed by atoms with van der Waals surface area (Å²) in [6.07, 6.45) is 15.0. The molecule has 2 aliphatic rings. The number of piperidine rings is 1. The Bertz CT molecular complexity index is 846. The number of carbonyl (C=O) groups excluding carboxylic acids is 1. The van der Waals surface area contributed by atoms with Crippen molar-refractivity contribution in [3.05, 3.63) is 42.2 Å². The fourth-order valence-corrected chi connectivity index (χ4v) is 4.87. The highest BCUT2D eigenvalue weighted by Crippen LogP contribution is 2.22. The molecular formula is C26H37N5O. The molecule has 2 N–H and O–H groups in total. The lowest BCUT2D eigenvalue weighted by molar-refractivity contribution is 0.0949. The molecule has 0 radical (unpaired) electrons. The van der Waals surface area contributed by atoms with Crippen LogP contribution in [0.15, 0.2) is 36.7 Å². The number of aromatic nitrogens is 2. The van der Waals surface area contributed by atoms with Crippen LogP contribution in [0.2, 0.25) is 0 Å². The molecule has 6 heteroatoms. The van der Waals surface area contributed by atoms with Gasteiger partial charge < -0.3 is 15.5 Å². The molecular weight excluding hydrogens is 398 g/mol. The zero-order valence-corrected chi connectivity index (χ0v) is 19.4. The van der Waals surface area contributed by atoms with E-state index in [0.29, 0.717) is 30.1 Å². The first-order chi connectivity index (χ1) is 15.7. The van der Waals surface area contributed by atoms with Crippen molar-refractivity contribution in [2.24, 2.45) is 0 Å². The Morgan fingerprint density at radius 2 is 1.69 bits per heavy atom. The Labute approximate surface area is 192 Å². The smallest absolute Gasteiger partial charge is 0.251 e. The van der Waals surface area contributed by atoms with Crippen molar-refractivity contribution >= 4 is 11.9 Å². The van der Waals surface area contributed by atoms with Gasteiger partial charge >= 0.3 is 0 Å². The zero-order valence-electron chi connectivity index (χ0n) is 19.4. The van der Waals surface area contributed by atoms with E-state index in [2.05, 4.69) is 32.4 Å². The third kappa shape index (κ3) is 6.28. The first kappa shape index (κ1) is 22.7. The van der Waals surface area contributed by atoms with Gasteiger partial charge in [-0.25, -0.2) is 9.97 Å². The third-order valence-electron chi connectivity index (χ3n) is 6.92. The summed E-state index contributed by atoms with van der Waals surface area (Å²) in [5.41, 5.74) is 2.67. The number of likely N-dealkylation sites (tertiary alicyclic amines) is 1. The van der Waals surface area contributed by atoms with Crippen molar-refractivity contribution in [1.29, 1.82) is 0 Å². The van der Waals surface area contributed by atoms with Gasteiger partial charge in [0.05, 0.1) is 0 Å². The van der Waals surface area contributed by atoms with Gasteiger partial charge in [0.2, 0.25) is 5.95 Å². The molecule has 2 aromatic rings. The molecule has 0 spiro atoms. The average molecular weight is 436 g/mol. The van der Waals surface area contributed by atoms with Gasteiger partial charge in [-0.2, -0.15) is 0 Å². The lowest BCUT2D eigenvalue weighted by Gasteiger charge is -2.33. The molecule has 2 heterocycles. The van der Waals surface area contributed by atoms with E-state index in [-0.39, 0.29) is 5.91 Å². The van der Waals surface area contributed by atoms with Gasteiger partial charge in [-0.1, -0.05) is 37.8 Å². The quantitative estimate of drug-likeness (QED) is 0.578. The van der Waals surface area contributed by atoms with Crippen molar-refractivity contribution in [2.75, 3.05) is 25.0 Å². The van der Waals surface area contributed by atoms with Gasteiger partial charge in [0.25, 0.3) is 5.91 Å². The summed E-state index contributed by atoms with van der Waals surface area (Å²) >= 11 is 0. The summed E-state index contributed by atoms with van der Waals surface area (Å²) in [5, 5.41) is 6.51. The Hall–Kier alpha value is -2.47. The van der Waals surface area contributed by atoms with Crippen LogP contribution < -0.4 is 10.6 Å². The van der Waals surface area contributed by atoms with Crippen molar-refractivity contribution in [2.45, 2.75) is 76.8 Å². The van der Waals surface area contributed by atoms with E-state index in [1.807, 2.05) is 36.7 Å². The molecule has 1 aromatic carbocycles. The van der Waals surface area contributed by atoms with E-state index in [9.17, 15) is 4.79 Å². The highest BCUT2D eigenvalue weighted by molar-refractivity contribution is 5.94. The number of nitrogens with one attached hydrogen (secondary N) is 2. The van der Waals surface area contributed by atoms with E-state index >= 15 is 0 Å². The predicted molar refractivity (Wildman–Crippen MR) is 130 cm³/mol. The molecule has 172 valence electrons. The van der Waals surface area contributed by atoms with Crippen LogP contribution in [0.3, 0.4) is 0 Å². The highest BCUT2D eigenvalue weighted by atomic mass is 16.1. The van der Waals surface area contributed by atoms with Gasteiger partial charge in [0, 0.05) is 48.7 Å². The first-order valence-corrected chi connectivity index (χ1v) is 12.4. The summed E-state index contributed by atoms with van der Waals surface area (Å²) in [5.74, 6) is 0.696. The minimum Gasteiger partial charge on any atom is -0.352 e. The molecule has 0 bridgehead atoms. The van der Waals surface area contributed by atoms with E-state index < -0.39 is 0 Å². The number of anilines is 1. The van der Waals surface area contributed by atoms with E-state index in [4.69, 9.17) is 0 Å². The van der Waals surface area contributed by atoms with Crippen LogP contribution in [0.1, 0.15) is 75.1 Å². The van der Waals surface area contributed by atoms with Crippen LogP contribution in [0.4, 0.5) is 5.95 Å². The largest absolute Gasteiger partial charge is 0.352 e. The maximum absolute atomic E-state index is 12.5. The summed E-state index contributed by atoms with van der Waals surface area (Å²) in [6, 6.07) is 8.87. The number of carbonyl (C=O) groups is 1. The zero-order chi connectivity index (χ0) is 22.2. The Morgan fingerprint density at radius 1 is 0.969 bits per heavy atom. The maximum Gasteiger partial charge on any atom is 0.251 e. The summed E-state index contributed by atoms with van der Waals surface area (Å²) in [7, 11) is 0. The van der Waals surface area contributed by atoms with E-state index in [1.165, 1.54) is 57.9 Å². The van der Waals surface area contributed by atoms with Crippen molar-refractivity contribution in [3.63, 3.8) is 0 Å². The Balaban J connectivity index is 1.23. The predicted octanol–water partition coefficient (Wildman–Crippen LogP) is 4.88. The molecule has 1 saturated carbocycles. The lowest BCUT2D eigenvalue weighted by atomic mass is 9.96. The molecule has 1 saturated heterocycles. The standard InChI is InChI=1S/C26H37N5O/c1-20-8-5-6-16-31(20)17-7-15-27-25(32)22-13-11-21(12-14-22)23-18-28-26(29-19-23)30-24-9-3-2-4-10-24/h11-14,18-20,24H,2-10,15-17H2,1H3,(H,27,32)(H,28,29,30). The number of amides is 1. The van der Waals surface area contributed by atoms with Crippen LogP contribution in [0, 0.1) is 0 Å². The van der Waals surface area contributed by atoms with Gasteiger partial charge in [0.15, 0.2) is 0 Å². The van der Waals surface area contributed by atoms with Crippen LogP contribution >= 0.6 is 0 Å². The average Bonchev–Trinajstić information content (AvgIpc) is 2.84. The Kier molecular flexibility index (Phi) is 8.10. The Morgan fingerprint density at radius 3 is 2.41 bits per heavy atom. The number of benzene rings is 1. The van der Waals surface area contributed by atoms with Gasteiger partial charge in [-0.3, -0.25) is 4.79 Å². The summed E-state index contributed by atoms with van der Waals surface area (Å²) < 4.78 is 0. The fourth-order valence-electron chi connectivity index (χ4n) is 4.87. The molecule has 1 unspecified atom stereocenters. The van der Waals surface area contributed by atoms with Crippen molar-refractivity contribution in [1.82, 2.24) is 20.2 Å². The molecule has 1 aliphatic carbocycles. The van der Waals surface area contributed by atoms with Crippen LogP contribution in [-0.4, -0.2) is 52.5 Å². The van der Waals surface area contributed by atoms with Gasteiger partial charge in [-0.05, 0) is 63.3 Å². The van der Waals surface area contributed by atoms with Gasteiger partial charge in [0.1, 0.15) is 0 Å². The molecule has 4 rings (SSSR count). The number of hydrogen-bond acceptors (Lipinski definition) is 5. The molecule has 2 fully saturated rings. The number of hydrogen-bond donors (Lipinski definition) is 2. The van der Waals surface area contributed by atoms with Crippen molar-refractivity contribution < 1.29 is 4.79 Å². The second-order valence-electron chi connectivity index (χ2n) is 9.34. The minimum atomic E-state index is -0.00785. The topological polar surface area (TPSA) is 70.2 Å². The van der Waals surface area contributed by atoms with Crippen LogP contribution in [0.25, 0.3) is 11.1 Å². The monoisotopic (exact) mass is 435 g/mol. The molecule has 1 aromatic heterocycles. The van der Waals surface area contributed by atoms with E-state index in [1.54, 1.807) is 0 Å². The first-order valence-electron chi connectivity index (χ1n) is 12.4. The summed E-state index contributed by atoms with van der Waals surface area (Å²) in [4.78, 5) is 24.0. The molecule has 32 heavy (non-hydrogen) atoms. The van der Waals surface area contributed by atoms with Gasteiger partial charge in [-0.15, -0.1) is 0 Å². The number of nitrogens with zero attached hydrogens (tertiary/aromatic N) is 3. The maximum atomic E-state index is 12.5. The number of rotatable bonds is 8. The van der Waals surface area contributed by atoms with E-state index in [0.717, 1.165) is 24.1 Å². The van der Waals surface area contributed by atoms with Crippen molar-refractivity contribution in [3.8, 4) is 11.1 Å². The molecule has 1 amide bonds. The van der Waals surface area contributed by atoms with Crippen LogP contribution in [0.5, 0.6) is 0 Å². The normalized spacial score (nSPS) is 20.1. The molecule has 1 aliphatic heterocycles. The SMILES string of the molecule is CC1CCCCN1CCCNC(=O)c1ccc(-c2cnc(NC3CCCCC3)nc2)cc1. The summed E-state index contributed by atoms with van der Waals surface area (Å²) in [6.45, 7) is 5.28. The second kappa shape index (κ2) is 11.4. The molecule has 6 nitrogen and oxygen atoms in total. The highest BCUT2D eigenvalue weighted by Gasteiger charge is 2.17. The molecule has 1 atom stereocenters.